The van der Waals surface area contributed by atoms with Crippen molar-refractivity contribution in [3.8, 4) is 5.75 Å². The van der Waals surface area contributed by atoms with Crippen LogP contribution in [0.5, 0.6) is 5.75 Å². The molecule has 1 aromatic heterocycles. The molecule has 0 spiro atoms. The summed E-state index contributed by atoms with van der Waals surface area (Å²) in [4.78, 5) is 0. The van der Waals surface area contributed by atoms with E-state index in [2.05, 4.69) is 5.38 Å². The summed E-state index contributed by atoms with van der Waals surface area (Å²) in [5.41, 5.74) is 10.1. The lowest BCUT2D eigenvalue weighted by molar-refractivity contribution is 0.466. The molecule has 0 fully saturated rings. The van der Waals surface area contributed by atoms with E-state index in [-0.39, 0.29) is 18.4 Å². The van der Waals surface area contributed by atoms with Gasteiger partial charge in [0.25, 0.3) is 0 Å². The summed E-state index contributed by atoms with van der Waals surface area (Å²) in [5, 5.41) is 13.8. The van der Waals surface area contributed by atoms with Crippen LogP contribution in [0.15, 0.2) is 29.0 Å². The summed E-state index contributed by atoms with van der Waals surface area (Å²) in [7, 11) is 0. The minimum absolute atomic E-state index is 0. The van der Waals surface area contributed by atoms with Gasteiger partial charge >= 0.3 is 0 Å². The molecule has 92 valence electrons. The Morgan fingerprint density at radius 1 is 1.18 bits per heavy atom. The van der Waals surface area contributed by atoms with Crippen LogP contribution in [0.25, 0.3) is 0 Å². The maximum atomic E-state index is 9.70. The Hall–Kier alpha value is -1.03. The van der Waals surface area contributed by atoms with Gasteiger partial charge in [-0.3, -0.25) is 0 Å². The number of thiophene rings is 1. The molecular weight excluding hydrogens is 254 g/mol. The molecule has 1 aromatic carbocycles. The van der Waals surface area contributed by atoms with Crippen LogP contribution in [-0.4, -0.2) is 5.11 Å². The van der Waals surface area contributed by atoms with Gasteiger partial charge in [-0.05, 0) is 52.9 Å². The van der Waals surface area contributed by atoms with Crippen LogP contribution >= 0.6 is 23.7 Å². The molecule has 0 unspecified atom stereocenters. The van der Waals surface area contributed by atoms with Crippen LogP contribution in [0.3, 0.4) is 0 Å². The second-order valence-corrected chi connectivity index (χ2v) is 4.82. The quantitative estimate of drug-likeness (QED) is 0.876. The number of aromatic hydroxyl groups is 1. The molecule has 0 radical (unpaired) electrons. The van der Waals surface area contributed by atoms with Gasteiger partial charge in [0.1, 0.15) is 5.75 Å². The van der Waals surface area contributed by atoms with Gasteiger partial charge in [-0.2, -0.15) is 11.3 Å². The first kappa shape index (κ1) is 14.0. The van der Waals surface area contributed by atoms with E-state index < -0.39 is 0 Å². The molecule has 2 rings (SSSR count). The number of benzene rings is 1. The Labute approximate surface area is 112 Å². The van der Waals surface area contributed by atoms with Crippen LogP contribution < -0.4 is 5.73 Å². The van der Waals surface area contributed by atoms with E-state index in [1.54, 1.807) is 11.3 Å². The molecule has 3 N–H and O–H groups in total. The van der Waals surface area contributed by atoms with Crippen LogP contribution in [0, 0.1) is 13.8 Å². The predicted octanol–water partition coefficient (Wildman–Crippen LogP) is 3.54. The van der Waals surface area contributed by atoms with Crippen LogP contribution in [-0.2, 0) is 0 Å². The molecule has 0 aliphatic rings. The summed E-state index contributed by atoms with van der Waals surface area (Å²) in [5.74, 6) is 0.362. The van der Waals surface area contributed by atoms with Crippen molar-refractivity contribution in [2.75, 3.05) is 0 Å². The van der Waals surface area contributed by atoms with Gasteiger partial charge in [-0.1, -0.05) is 12.1 Å². The summed E-state index contributed by atoms with van der Waals surface area (Å²) in [6.45, 7) is 3.79. The number of aryl methyl sites for hydroxylation is 2. The second kappa shape index (κ2) is 5.54. The number of rotatable bonds is 2. The van der Waals surface area contributed by atoms with E-state index in [1.807, 2.05) is 37.4 Å². The smallest absolute Gasteiger partial charge is 0.121 e. The third-order valence-corrected chi connectivity index (χ3v) is 3.48. The standard InChI is InChI=1S/C13H15NOS.ClH/c1-8-5-11(6-9(2)13(8)15)12(14)10-3-4-16-7-10;/h3-7,12,15H,14H2,1-2H3;1H/t12-;/m0./s1. The lowest BCUT2D eigenvalue weighted by Gasteiger charge is -2.13. The molecule has 17 heavy (non-hydrogen) atoms. The fraction of sp³-hybridized carbons (Fsp3) is 0.231. The first-order chi connectivity index (χ1) is 7.59. The number of phenolic OH excluding ortho intramolecular Hbond substituents is 1. The van der Waals surface area contributed by atoms with Crippen molar-refractivity contribution in [2.45, 2.75) is 19.9 Å². The molecule has 0 amide bonds. The van der Waals surface area contributed by atoms with E-state index in [0.717, 1.165) is 22.3 Å². The first-order valence-electron chi connectivity index (χ1n) is 5.17. The van der Waals surface area contributed by atoms with E-state index >= 15 is 0 Å². The van der Waals surface area contributed by atoms with E-state index in [0.29, 0.717) is 5.75 Å². The van der Waals surface area contributed by atoms with Crippen molar-refractivity contribution in [1.82, 2.24) is 0 Å². The van der Waals surface area contributed by atoms with Crippen molar-refractivity contribution in [3.05, 3.63) is 51.2 Å². The third-order valence-electron chi connectivity index (χ3n) is 2.77. The van der Waals surface area contributed by atoms with Gasteiger partial charge in [0.2, 0.25) is 0 Å². The monoisotopic (exact) mass is 269 g/mol. The molecule has 0 bridgehead atoms. The zero-order chi connectivity index (χ0) is 11.7. The van der Waals surface area contributed by atoms with E-state index in [1.165, 1.54) is 0 Å². The Morgan fingerprint density at radius 2 is 1.76 bits per heavy atom. The highest BCUT2D eigenvalue weighted by Crippen LogP contribution is 2.28. The van der Waals surface area contributed by atoms with Crippen LogP contribution in [0.4, 0.5) is 0 Å². The molecule has 4 heteroatoms. The van der Waals surface area contributed by atoms with E-state index in [4.69, 9.17) is 5.73 Å². The average molecular weight is 270 g/mol. The largest absolute Gasteiger partial charge is 0.507 e. The number of nitrogens with two attached hydrogens (primary N) is 1. The Morgan fingerprint density at radius 3 is 2.24 bits per heavy atom. The fourth-order valence-corrected chi connectivity index (χ4v) is 2.51. The van der Waals surface area contributed by atoms with Crippen molar-refractivity contribution in [1.29, 1.82) is 0 Å². The zero-order valence-corrected chi connectivity index (χ0v) is 11.4. The van der Waals surface area contributed by atoms with Gasteiger partial charge in [-0.25, -0.2) is 0 Å². The summed E-state index contributed by atoms with van der Waals surface area (Å²) in [6, 6.07) is 5.83. The SMILES string of the molecule is Cc1cc([C@@H](N)c2ccsc2)cc(C)c1O.Cl. The molecule has 0 saturated carbocycles. The van der Waals surface area contributed by atoms with Crippen molar-refractivity contribution in [3.63, 3.8) is 0 Å². The van der Waals surface area contributed by atoms with Gasteiger partial charge in [0.15, 0.2) is 0 Å². The average Bonchev–Trinajstić information content (AvgIpc) is 2.77. The molecule has 2 nitrogen and oxygen atoms in total. The molecule has 2 aromatic rings. The zero-order valence-electron chi connectivity index (χ0n) is 9.81. The Balaban J connectivity index is 0.00000144. The first-order valence-corrected chi connectivity index (χ1v) is 6.11. The molecule has 0 saturated heterocycles. The highest BCUT2D eigenvalue weighted by molar-refractivity contribution is 7.08. The summed E-state index contributed by atoms with van der Waals surface area (Å²) in [6.07, 6.45) is 0. The normalized spacial score (nSPS) is 11.9. The number of halogens is 1. The highest BCUT2D eigenvalue weighted by Gasteiger charge is 2.12. The molecule has 1 atom stereocenters. The van der Waals surface area contributed by atoms with E-state index in [9.17, 15) is 5.11 Å². The topological polar surface area (TPSA) is 46.2 Å². The molecule has 1 heterocycles. The minimum Gasteiger partial charge on any atom is -0.507 e. The summed E-state index contributed by atoms with van der Waals surface area (Å²) >= 11 is 1.64. The third kappa shape index (κ3) is 2.80. The second-order valence-electron chi connectivity index (χ2n) is 4.04. The van der Waals surface area contributed by atoms with Gasteiger partial charge in [-0.15, -0.1) is 12.4 Å². The maximum Gasteiger partial charge on any atom is 0.121 e. The Kier molecular flexibility index (Phi) is 4.57. The maximum absolute atomic E-state index is 9.70. The number of hydrogen-bond donors (Lipinski definition) is 2. The number of hydrogen-bond acceptors (Lipinski definition) is 3. The van der Waals surface area contributed by atoms with Gasteiger partial charge < -0.3 is 10.8 Å². The number of phenols is 1. The van der Waals surface area contributed by atoms with Crippen molar-refractivity contribution >= 4 is 23.7 Å². The van der Waals surface area contributed by atoms with Crippen LogP contribution in [0.2, 0.25) is 0 Å². The molecule has 0 aliphatic carbocycles. The van der Waals surface area contributed by atoms with Crippen molar-refractivity contribution in [2.24, 2.45) is 5.73 Å². The lowest BCUT2D eigenvalue weighted by atomic mass is 9.97. The van der Waals surface area contributed by atoms with Gasteiger partial charge in [0.05, 0.1) is 6.04 Å². The van der Waals surface area contributed by atoms with Gasteiger partial charge in [0, 0.05) is 0 Å². The molecule has 0 aliphatic heterocycles. The highest BCUT2D eigenvalue weighted by atomic mass is 35.5. The lowest BCUT2D eigenvalue weighted by Crippen LogP contribution is -2.11. The van der Waals surface area contributed by atoms with Crippen LogP contribution in [0.1, 0.15) is 28.3 Å². The fourth-order valence-electron chi connectivity index (χ4n) is 1.81. The summed E-state index contributed by atoms with van der Waals surface area (Å²) < 4.78 is 0. The predicted molar refractivity (Wildman–Crippen MR) is 75.2 cm³/mol. The minimum atomic E-state index is -0.107. The molecular formula is C13H16ClNOS. The Bertz CT molecular complexity index is 473. The van der Waals surface area contributed by atoms with Crippen molar-refractivity contribution < 1.29 is 5.11 Å².